The highest BCUT2D eigenvalue weighted by molar-refractivity contribution is 7.89. The Morgan fingerprint density at radius 2 is 1.82 bits per heavy atom. The molecule has 174 valence electrons. The first-order chi connectivity index (χ1) is 15.9. The minimum absolute atomic E-state index is 0.0804. The standard InChI is InChI=1S/C22H23FN4O5S/c23-16-5-7-17(8-6-16)33(30,31)27-11-12-32-20(27)14-26-22(29)21(28)24-10-9-15-13-25-19-4-2-1-3-18(15)19/h1-8,13,20,25H,9-12,14H2,(H,24,28)(H,26,29)/t20-/m0/s1. The highest BCUT2D eigenvalue weighted by Crippen LogP contribution is 2.22. The molecule has 1 saturated heterocycles. The number of H-pyrrole nitrogens is 1. The van der Waals surface area contributed by atoms with E-state index in [4.69, 9.17) is 4.74 Å². The van der Waals surface area contributed by atoms with Gasteiger partial charge in [0.15, 0.2) is 0 Å². The van der Waals surface area contributed by atoms with Crippen LogP contribution >= 0.6 is 0 Å². The zero-order chi connectivity index (χ0) is 23.4. The summed E-state index contributed by atoms with van der Waals surface area (Å²) in [6, 6.07) is 12.2. The van der Waals surface area contributed by atoms with Crippen LogP contribution in [0, 0.1) is 5.82 Å². The fraction of sp³-hybridized carbons (Fsp3) is 0.273. The molecule has 3 aromatic rings. The number of nitrogens with zero attached hydrogens (tertiary/aromatic N) is 1. The number of rotatable bonds is 7. The Morgan fingerprint density at radius 3 is 2.61 bits per heavy atom. The summed E-state index contributed by atoms with van der Waals surface area (Å²) in [5, 5.41) is 6.03. The van der Waals surface area contributed by atoms with Crippen LogP contribution in [0.15, 0.2) is 59.6 Å². The molecule has 9 nitrogen and oxygen atoms in total. The van der Waals surface area contributed by atoms with Crippen LogP contribution in [0.5, 0.6) is 0 Å². The van der Waals surface area contributed by atoms with Gasteiger partial charge in [0.1, 0.15) is 12.0 Å². The van der Waals surface area contributed by atoms with Gasteiger partial charge in [-0.3, -0.25) is 9.59 Å². The first kappa shape index (κ1) is 22.9. The van der Waals surface area contributed by atoms with Crippen LogP contribution < -0.4 is 10.6 Å². The lowest BCUT2D eigenvalue weighted by atomic mass is 10.1. The molecule has 0 spiro atoms. The van der Waals surface area contributed by atoms with E-state index in [1.165, 1.54) is 12.1 Å². The Balaban J connectivity index is 1.28. The highest BCUT2D eigenvalue weighted by Gasteiger charge is 2.36. The average molecular weight is 475 g/mol. The number of carbonyl (C=O) groups is 2. The molecule has 11 heteroatoms. The molecular weight excluding hydrogens is 451 g/mol. The number of halogens is 1. The molecule has 1 aliphatic heterocycles. The van der Waals surface area contributed by atoms with Gasteiger partial charge in [-0.15, -0.1) is 0 Å². The van der Waals surface area contributed by atoms with Gasteiger partial charge < -0.3 is 20.4 Å². The van der Waals surface area contributed by atoms with Crippen molar-refractivity contribution in [1.82, 2.24) is 19.9 Å². The van der Waals surface area contributed by atoms with Crippen molar-refractivity contribution in [1.29, 1.82) is 0 Å². The molecule has 2 heterocycles. The lowest BCUT2D eigenvalue weighted by Crippen LogP contribution is -2.47. The van der Waals surface area contributed by atoms with Crippen LogP contribution in [0.3, 0.4) is 0 Å². The number of para-hydroxylation sites is 1. The second-order valence-electron chi connectivity index (χ2n) is 7.47. The smallest absolute Gasteiger partial charge is 0.309 e. The van der Waals surface area contributed by atoms with Crippen molar-refractivity contribution < 1.29 is 27.1 Å². The van der Waals surface area contributed by atoms with E-state index in [9.17, 15) is 22.4 Å². The van der Waals surface area contributed by atoms with Gasteiger partial charge in [-0.25, -0.2) is 12.8 Å². The van der Waals surface area contributed by atoms with Crippen LogP contribution in [-0.4, -0.2) is 62.0 Å². The Labute approximate surface area is 190 Å². The van der Waals surface area contributed by atoms with Crippen LogP contribution in [0.1, 0.15) is 5.56 Å². The van der Waals surface area contributed by atoms with Crippen LogP contribution in [0.4, 0.5) is 4.39 Å². The molecule has 1 atom stereocenters. The number of fused-ring (bicyclic) bond motifs is 1. The van der Waals surface area contributed by atoms with Gasteiger partial charge >= 0.3 is 11.8 Å². The molecule has 0 radical (unpaired) electrons. The minimum Gasteiger partial charge on any atom is -0.361 e. The minimum atomic E-state index is -3.94. The number of hydrogen-bond acceptors (Lipinski definition) is 5. The summed E-state index contributed by atoms with van der Waals surface area (Å²) in [7, 11) is -3.94. The molecule has 4 rings (SSSR count). The summed E-state index contributed by atoms with van der Waals surface area (Å²) >= 11 is 0. The molecule has 1 fully saturated rings. The van der Waals surface area contributed by atoms with Gasteiger partial charge in [-0.1, -0.05) is 18.2 Å². The summed E-state index contributed by atoms with van der Waals surface area (Å²) in [6.07, 6.45) is 1.44. The second kappa shape index (κ2) is 9.69. The highest BCUT2D eigenvalue weighted by atomic mass is 32.2. The molecule has 0 unspecified atom stereocenters. The van der Waals surface area contributed by atoms with Gasteiger partial charge in [0, 0.05) is 30.2 Å². The Bertz CT molecular complexity index is 1260. The third kappa shape index (κ3) is 5.05. The monoisotopic (exact) mass is 474 g/mol. The molecule has 0 aliphatic carbocycles. The number of sulfonamides is 1. The van der Waals surface area contributed by atoms with Gasteiger partial charge in [0.25, 0.3) is 0 Å². The van der Waals surface area contributed by atoms with Gasteiger partial charge in [-0.2, -0.15) is 4.31 Å². The van der Waals surface area contributed by atoms with Crippen LogP contribution in [0.2, 0.25) is 0 Å². The molecule has 3 N–H and O–H groups in total. The molecule has 0 saturated carbocycles. The van der Waals surface area contributed by atoms with E-state index < -0.39 is 33.9 Å². The van der Waals surface area contributed by atoms with Crippen molar-refractivity contribution in [3.05, 3.63) is 66.1 Å². The van der Waals surface area contributed by atoms with Crippen LogP contribution in [-0.2, 0) is 30.8 Å². The number of benzene rings is 2. The van der Waals surface area contributed by atoms with Crippen molar-refractivity contribution in [2.45, 2.75) is 17.5 Å². The van der Waals surface area contributed by atoms with E-state index in [0.717, 1.165) is 32.9 Å². The Hall–Kier alpha value is -3.28. The predicted molar refractivity (Wildman–Crippen MR) is 118 cm³/mol. The van der Waals surface area contributed by atoms with E-state index in [2.05, 4.69) is 15.6 Å². The molecule has 0 bridgehead atoms. The van der Waals surface area contributed by atoms with Crippen molar-refractivity contribution in [3.63, 3.8) is 0 Å². The van der Waals surface area contributed by atoms with E-state index in [1.807, 2.05) is 30.5 Å². The molecular formula is C22H23FN4O5S. The van der Waals surface area contributed by atoms with Gasteiger partial charge in [0.05, 0.1) is 18.0 Å². The maximum atomic E-state index is 13.1. The van der Waals surface area contributed by atoms with Gasteiger partial charge in [-0.05, 0) is 42.3 Å². The summed E-state index contributed by atoms with van der Waals surface area (Å²) < 4.78 is 45.3. The largest absolute Gasteiger partial charge is 0.361 e. The topological polar surface area (TPSA) is 121 Å². The molecule has 33 heavy (non-hydrogen) atoms. The summed E-state index contributed by atoms with van der Waals surface area (Å²) in [4.78, 5) is 27.4. The lowest BCUT2D eigenvalue weighted by molar-refractivity contribution is -0.139. The van der Waals surface area contributed by atoms with Crippen LogP contribution in [0.25, 0.3) is 10.9 Å². The normalized spacial score (nSPS) is 16.7. The number of ether oxygens (including phenoxy) is 1. The summed E-state index contributed by atoms with van der Waals surface area (Å²) in [6.45, 7) is 0.281. The zero-order valence-corrected chi connectivity index (χ0v) is 18.4. The maximum absolute atomic E-state index is 13.1. The molecule has 2 amide bonds. The fourth-order valence-corrected chi connectivity index (χ4v) is 5.18. The zero-order valence-electron chi connectivity index (χ0n) is 17.6. The van der Waals surface area contributed by atoms with Crippen molar-refractivity contribution in [3.8, 4) is 0 Å². The van der Waals surface area contributed by atoms with Crippen molar-refractivity contribution in [2.75, 3.05) is 26.2 Å². The maximum Gasteiger partial charge on any atom is 0.309 e. The van der Waals surface area contributed by atoms with E-state index in [0.29, 0.717) is 6.42 Å². The quantitative estimate of drug-likeness (QED) is 0.444. The Morgan fingerprint density at radius 1 is 1.09 bits per heavy atom. The molecule has 1 aliphatic rings. The summed E-state index contributed by atoms with van der Waals surface area (Å²) in [5.41, 5.74) is 2.01. The number of carbonyl (C=O) groups excluding carboxylic acids is 2. The lowest BCUT2D eigenvalue weighted by Gasteiger charge is -2.22. The fourth-order valence-electron chi connectivity index (χ4n) is 3.67. The number of hydrogen-bond donors (Lipinski definition) is 3. The van der Waals surface area contributed by atoms with Crippen molar-refractivity contribution in [2.24, 2.45) is 0 Å². The summed E-state index contributed by atoms with van der Waals surface area (Å²) in [5.74, 6) is -2.25. The number of aromatic amines is 1. The van der Waals surface area contributed by atoms with E-state index in [-0.39, 0.29) is 31.1 Å². The Kier molecular flexibility index (Phi) is 6.72. The SMILES string of the molecule is O=C(NCCc1c[nH]c2ccccc12)C(=O)NC[C@@H]1OCCN1S(=O)(=O)c1ccc(F)cc1. The third-order valence-corrected chi connectivity index (χ3v) is 7.26. The van der Waals surface area contributed by atoms with Crippen molar-refractivity contribution >= 4 is 32.7 Å². The number of aromatic nitrogens is 1. The second-order valence-corrected chi connectivity index (χ2v) is 9.36. The number of nitrogens with one attached hydrogen (secondary N) is 3. The van der Waals surface area contributed by atoms with E-state index in [1.54, 1.807) is 0 Å². The molecule has 1 aromatic heterocycles. The average Bonchev–Trinajstić information content (AvgIpc) is 3.45. The first-order valence-electron chi connectivity index (χ1n) is 10.4. The third-order valence-electron chi connectivity index (χ3n) is 5.36. The predicted octanol–water partition coefficient (Wildman–Crippen LogP) is 1.13. The van der Waals surface area contributed by atoms with Gasteiger partial charge in [0.2, 0.25) is 10.0 Å². The molecule has 2 aromatic carbocycles. The number of amides is 2. The first-order valence-corrected chi connectivity index (χ1v) is 11.8. The van der Waals surface area contributed by atoms with E-state index >= 15 is 0 Å².